The number of hydrogen-bond acceptors (Lipinski definition) is 3. The minimum atomic E-state index is -0.660. The molecular weight excluding hydrogens is 130 g/mol. The molecule has 1 aliphatic rings. The Balaban J connectivity index is 2.67. The molecule has 0 aromatic heterocycles. The van der Waals surface area contributed by atoms with Crippen molar-refractivity contribution in [2.75, 3.05) is 6.61 Å². The van der Waals surface area contributed by atoms with Crippen molar-refractivity contribution in [3.05, 3.63) is 24.0 Å². The number of aliphatic hydroxyl groups excluding tert-OH is 2. The second kappa shape index (κ2) is 2.44. The summed E-state index contributed by atoms with van der Waals surface area (Å²) in [5.41, 5.74) is 4.97. The fourth-order valence-electron chi connectivity index (χ4n) is 0.799. The molecule has 0 aliphatic heterocycles. The molecule has 0 aromatic rings. The highest BCUT2D eigenvalue weighted by atomic mass is 16.3. The van der Waals surface area contributed by atoms with Crippen LogP contribution in [0.2, 0.25) is 0 Å². The van der Waals surface area contributed by atoms with Gasteiger partial charge in [0.2, 0.25) is 0 Å². The number of hydrogen-bond donors (Lipinski definition) is 3. The molecule has 0 bridgehead atoms. The van der Waals surface area contributed by atoms with Crippen molar-refractivity contribution in [2.24, 2.45) is 5.73 Å². The van der Waals surface area contributed by atoms with E-state index in [0.717, 1.165) is 0 Å². The molecule has 3 nitrogen and oxygen atoms in total. The predicted octanol–water partition coefficient (Wildman–Crippen LogP) is 0.0780. The summed E-state index contributed by atoms with van der Waals surface area (Å²) in [6.07, 6.45) is 5.20. The number of rotatable bonds is 1. The molecule has 0 saturated carbocycles. The highest BCUT2D eigenvalue weighted by Crippen LogP contribution is 2.15. The Bertz CT molecular complexity index is 186. The van der Waals surface area contributed by atoms with Gasteiger partial charge in [0.25, 0.3) is 0 Å². The molecule has 0 spiro atoms. The van der Waals surface area contributed by atoms with Crippen molar-refractivity contribution >= 4 is 0 Å². The van der Waals surface area contributed by atoms with Gasteiger partial charge in [0.05, 0.1) is 12.1 Å². The van der Waals surface area contributed by atoms with Crippen molar-refractivity contribution in [3.63, 3.8) is 0 Å². The molecule has 10 heavy (non-hydrogen) atoms. The van der Waals surface area contributed by atoms with Crippen LogP contribution >= 0.6 is 0 Å². The number of nitrogens with two attached hydrogens (primary N) is 1. The first kappa shape index (κ1) is 7.31. The topological polar surface area (TPSA) is 66.5 Å². The molecule has 0 heterocycles. The quantitative estimate of drug-likeness (QED) is 0.484. The molecule has 0 saturated heterocycles. The lowest BCUT2D eigenvalue weighted by Crippen LogP contribution is -2.41. The Morgan fingerprint density at radius 2 is 2.40 bits per heavy atom. The maximum absolute atomic E-state index is 8.87. The van der Waals surface area contributed by atoms with Gasteiger partial charge in [0, 0.05) is 0 Å². The summed E-state index contributed by atoms with van der Waals surface area (Å²) in [4.78, 5) is 0. The van der Waals surface area contributed by atoms with Crippen LogP contribution in [0.25, 0.3) is 0 Å². The normalized spacial score (nSPS) is 32.0. The molecule has 1 unspecified atom stereocenters. The highest BCUT2D eigenvalue weighted by molar-refractivity contribution is 5.24. The van der Waals surface area contributed by atoms with Gasteiger partial charge in [-0.25, -0.2) is 0 Å². The van der Waals surface area contributed by atoms with Gasteiger partial charge in [-0.2, -0.15) is 0 Å². The van der Waals surface area contributed by atoms with E-state index in [-0.39, 0.29) is 12.4 Å². The first-order chi connectivity index (χ1) is 4.66. The summed E-state index contributed by atoms with van der Waals surface area (Å²) in [5.74, 6) is 0.217. The minimum absolute atomic E-state index is 0.0900. The van der Waals surface area contributed by atoms with Crippen LogP contribution in [0.1, 0.15) is 6.42 Å². The van der Waals surface area contributed by atoms with E-state index in [9.17, 15) is 0 Å². The van der Waals surface area contributed by atoms with Crippen LogP contribution in [0, 0.1) is 0 Å². The molecule has 1 aliphatic carbocycles. The molecule has 0 amide bonds. The van der Waals surface area contributed by atoms with E-state index in [4.69, 9.17) is 15.9 Å². The summed E-state index contributed by atoms with van der Waals surface area (Å²) < 4.78 is 0. The smallest absolute Gasteiger partial charge is 0.111 e. The van der Waals surface area contributed by atoms with Crippen molar-refractivity contribution < 1.29 is 10.2 Å². The zero-order valence-electron chi connectivity index (χ0n) is 5.62. The fraction of sp³-hybridized carbons (Fsp3) is 0.429. The van der Waals surface area contributed by atoms with Gasteiger partial charge >= 0.3 is 0 Å². The maximum Gasteiger partial charge on any atom is 0.111 e. The van der Waals surface area contributed by atoms with Crippen LogP contribution in [-0.4, -0.2) is 22.4 Å². The summed E-state index contributed by atoms with van der Waals surface area (Å²) in [7, 11) is 0. The van der Waals surface area contributed by atoms with Crippen LogP contribution < -0.4 is 5.73 Å². The van der Waals surface area contributed by atoms with E-state index < -0.39 is 5.54 Å². The van der Waals surface area contributed by atoms with Crippen LogP contribution in [0.15, 0.2) is 24.0 Å². The summed E-state index contributed by atoms with van der Waals surface area (Å²) >= 11 is 0. The maximum atomic E-state index is 8.87. The van der Waals surface area contributed by atoms with E-state index in [2.05, 4.69) is 0 Å². The van der Waals surface area contributed by atoms with E-state index in [1.807, 2.05) is 0 Å². The van der Waals surface area contributed by atoms with Crippen LogP contribution in [0.4, 0.5) is 0 Å². The second-order valence-corrected chi connectivity index (χ2v) is 2.56. The Morgan fingerprint density at radius 1 is 1.70 bits per heavy atom. The summed E-state index contributed by atoms with van der Waals surface area (Å²) in [5, 5.41) is 17.6. The Morgan fingerprint density at radius 3 is 2.80 bits per heavy atom. The molecule has 1 atom stereocenters. The molecule has 0 aromatic carbocycles. The Hall–Kier alpha value is -0.800. The molecule has 0 fully saturated rings. The molecule has 1 rings (SSSR count). The molecule has 0 radical (unpaired) electrons. The van der Waals surface area contributed by atoms with Crippen LogP contribution in [0.5, 0.6) is 0 Å². The Kier molecular flexibility index (Phi) is 1.78. The van der Waals surface area contributed by atoms with E-state index in [1.54, 1.807) is 12.2 Å². The van der Waals surface area contributed by atoms with Crippen LogP contribution in [-0.2, 0) is 0 Å². The van der Waals surface area contributed by atoms with E-state index in [1.165, 1.54) is 6.08 Å². The first-order valence-corrected chi connectivity index (χ1v) is 3.14. The van der Waals surface area contributed by atoms with Crippen molar-refractivity contribution in [1.82, 2.24) is 0 Å². The molecule has 3 heteroatoms. The standard InChI is InChI=1S/C7H11NO2/c8-7(5-9)3-1-6(10)2-4-7/h1-3,9-10H,4-5,8H2. The lowest BCUT2D eigenvalue weighted by molar-refractivity contribution is 0.225. The van der Waals surface area contributed by atoms with Gasteiger partial charge in [-0.1, -0.05) is 6.08 Å². The van der Waals surface area contributed by atoms with Crippen molar-refractivity contribution in [1.29, 1.82) is 0 Å². The van der Waals surface area contributed by atoms with Gasteiger partial charge < -0.3 is 15.9 Å². The van der Waals surface area contributed by atoms with Crippen molar-refractivity contribution in [3.8, 4) is 0 Å². The Labute approximate surface area is 59.5 Å². The van der Waals surface area contributed by atoms with Gasteiger partial charge in [0.15, 0.2) is 0 Å². The second-order valence-electron chi connectivity index (χ2n) is 2.56. The lowest BCUT2D eigenvalue weighted by atomic mass is 9.93. The average Bonchev–Trinajstić information content (AvgIpc) is 1.96. The molecule has 56 valence electrons. The molecular formula is C7H11NO2. The average molecular weight is 141 g/mol. The van der Waals surface area contributed by atoms with Crippen molar-refractivity contribution in [2.45, 2.75) is 12.0 Å². The SMILES string of the molecule is NC1(CO)C=CC(O)=CC1. The number of aliphatic hydroxyl groups is 2. The summed E-state index contributed by atoms with van der Waals surface area (Å²) in [6, 6.07) is 0. The zero-order valence-corrected chi connectivity index (χ0v) is 5.62. The van der Waals surface area contributed by atoms with E-state index in [0.29, 0.717) is 6.42 Å². The third kappa shape index (κ3) is 1.37. The fourth-order valence-corrected chi connectivity index (χ4v) is 0.799. The van der Waals surface area contributed by atoms with Gasteiger partial charge in [-0.3, -0.25) is 0 Å². The van der Waals surface area contributed by atoms with Gasteiger partial charge in [-0.05, 0) is 18.6 Å². The number of allylic oxidation sites excluding steroid dienone is 1. The van der Waals surface area contributed by atoms with Gasteiger partial charge in [0.1, 0.15) is 5.76 Å². The first-order valence-electron chi connectivity index (χ1n) is 3.14. The molecule has 4 N–H and O–H groups in total. The highest BCUT2D eigenvalue weighted by Gasteiger charge is 2.21. The minimum Gasteiger partial charge on any atom is -0.508 e. The third-order valence-electron chi connectivity index (χ3n) is 1.57. The summed E-state index contributed by atoms with van der Waals surface area (Å²) in [6.45, 7) is -0.0900. The zero-order chi connectivity index (χ0) is 7.61. The largest absolute Gasteiger partial charge is 0.508 e. The van der Waals surface area contributed by atoms with E-state index >= 15 is 0 Å². The third-order valence-corrected chi connectivity index (χ3v) is 1.57. The van der Waals surface area contributed by atoms with Gasteiger partial charge in [-0.15, -0.1) is 0 Å². The predicted molar refractivity (Wildman–Crippen MR) is 38.5 cm³/mol. The monoisotopic (exact) mass is 141 g/mol. The lowest BCUT2D eigenvalue weighted by Gasteiger charge is -2.23. The van der Waals surface area contributed by atoms with Crippen LogP contribution in [0.3, 0.4) is 0 Å².